The van der Waals surface area contributed by atoms with Gasteiger partial charge in [0, 0.05) is 21.7 Å². The summed E-state index contributed by atoms with van der Waals surface area (Å²) in [5.41, 5.74) is 13.5. The SMILES string of the molecule is C=C1Cc2cc3oc4ccccc4c3c(N(c3ccc(-c4cc5ccccc5c5ccccc45)cc3)c3cccc(-c4ccccc4)c3)c2SC1c1ccccc1. The van der Waals surface area contributed by atoms with Gasteiger partial charge in [0.2, 0.25) is 0 Å². The largest absolute Gasteiger partial charge is 0.456 e. The first-order valence-corrected chi connectivity index (χ1v) is 20.4. The van der Waals surface area contributed by atoms with E-state index in [9.17, 15) is 0 Å². The molecule has 10 aromatic rings. The second kappa shape index (κ2) is 13.7. The summed E-state index contributed by atoms with van der Waals surface area (Å²) >= 11 is 1.91. The number of benzene rings is 9. The highest BCUT2D eigenvalue weighted by Crippen LogP contribution is 2.56. The third kappa shape index (κ3) is 5.74. The molecule has 1 aliphatic rings. The van der Waals surface area contributed by atoms with E-state index >= 15 is 0 Å². The summed E-state index contributed by atoms with van der Waals surface area (Å²) in [5, 5.41) is 7.38. The van der Waals surface area contributed by atoms with Crippen molar-refractivity contribution in [2.45, 2.75) is 16.6 Å². The third-order valence-electron chi connectivity index (χ3n) is 11.4. The van der Waals surface area contributed by atoms with Gasteiger partial charge >= 0.3 is 0 Å². The number of rotatable bonds is 6. The molecule has 11 rings (SSSR count). The van der Waals surface area contributed by atoms with Gasteiger partial charge in [-0.2, -0.15) is 0 Å². The van der Waals surface area contributed by atoms with Gasteiger partial charge in [-0.15, -0.1) is 11.8 Å². The molecule has 0 fully saturated rings. The lowest BCUT2D eigenvalue weighted by Crippen LogP contribution is -2.15. The number of anilines is 3. The molecule has 9 aromatic carbocycles. The standard InChI is InChI=1S/C54H37NOS/c1-35-31-41-34-50-51(47-25-12-13-26-49(47)56-50)52(54(41)57-53(35)38-17-6-3-7-18-38)55(43-21-14-20-39(32-43)36-15-4-2-5-16-36)42-29-27-37(28-30-42)48-33-40-19-8-9-22-44(40)45-23-10-11-24-46(45)48/h2-30,32-34,53H,1,31H2. The van der Waals surface area contributed by atoms with Crippen LogP contribution >= 0.6 is 11.8 Å². The first-order chi connectivity index (χ1) is 28.2. The van der Waals surface area contributed by atoms with Crippen LogP contribution in [-0.4, -0.2) is 0 Å². The second-order valence-corrected chi connectivity index (χ2v) is 16.0. The van der Waals surface area contributed by atoms with E-state index in [0.717, 1.165) is 45.4 Å². The molecule has 1 atom stereocenters. The van der Waals surface area contributed by atoms with Crippen LogP contribution in [0.1, 0.15) is 16.4 Å². The maximum Gasteiger partial charge on any atom is 0.137 e. The molecule has 270 valence electrons. The molecule has 2 heterocycles. The summed E-state index contributed by atoms with van der Waals surface area (Å²) in [7, 11) is 0. The van der Waals surface area contributed by atoms with Gasteiger partial charge in [-0.25, -0.2) is 0 Å². The molecule has 1 unspecified atom stereocenters. The van der Waals surface area contributed by atoms with Crippen LogP contribution in [0.4, 0.5) is 17.1 Å². The molecular weight excluding hydrogens is 711 g/mol. The van der Waals surface area contributed by atoms with Gasteiger partial charge in [-0.3, -0.25) is 0 Å². The van der Waals surface area contributed by atoms with E-state index in [4.69, 9.17) is 4.42 Å². The number of furan rings is 1. The number of para-hydroxylation sites is 1. The van der Waals surface area contributed by atoms with Crippen molar-refractivity contribution in [2.24, 2.45) is 0 Å². The predicted octanol–water partition coefficient (Wildman–Crippen LogP) is 15.6. The Hall–Kier alpha value is -6.81. The van der Waals surface area contributed by atoms with Crippen LogP contribution < -0.4 is 4.90 Å². The zero-order valence-corrected chi connectivity index (χ0v) is 32.0. The Labute approximate surface area is 336 Å². The molecule has 2 nitrogen and oxygen atoms in total. The molecule has 0 aliphatic carbocycles. The van der Waals surface area contributed by atoms with Crippen molar-refractivity contribution >= 4 is 72.3 Å². The van der Waals surface area contributed by atoms with Crippen molar-refractivity contribution in [3.8, 4) is 22.3 Å². The smallest absolute Gasteiger partial charge is 0.137 e. The van der Waals surface area contributed by atoms with Crippen molar-refractivity contribution < 1.29 is 4.42 Å². The van der Waals surface area contributed by atoms with E-state index in [0.29, 0.717) is 0 Å². The summed E-state index contributed by atoms with van der Waals surface area (Å²) < 4.78 is 6.71. The second-order valence-electron chi connectivity index (χ2n) is 14.9. The maximum absolute atomic E-state index is 6.71. The average molecular weight is 748 g/mol. The fourth-order valence-electron chi connectivity index (χ4n) is 8.79. The van der Waals surface area contributed by atoms with Crippen molar-refractivity contribution in [1.82, 2.24) is 0 Å². The molecule has 57 heavy (non-hydrogen) atoms. The monoisotopic (exact) mass is 747 g/mol. The lowest BCUT2D eigenvalue weighted by atomic mass is 9.93. The summed E-state index contributed by atoms with van der Waals surface area (Å²) in [6, 6.07) is 70.1. The molecule has 0 bridgehead atoms. The minimum atomic E-state index is 0.120. The van der Waals surface area contributed by atoms with Crippen LogP contribution in [0.15, 0.2) is 216 Å². The Morgan fingerprint density at radius 1 is 0.509 bits per heavy atom. The fraction of sp³-hybridized carbons (Fsp3) is 0.0370. The molecule has 0 spiro atoms. The quantitative estimate of drug-likeness (QED) is 0.124. The Morgan fingerprint density at radius 2 is 1.18 bits per heavy atom. The van der Waals surface area contributed by atoms with Gasteiger partial charge in [-0.05, 0) is 104 Å². The molecule has 0 N–H and O–H groups in total. The summed E-state index contributed by atoms with van der Waals surface area (Å²) in [5.74, 6) is 0. The van der Waals surface area contributed by atoms with E-state index in [-0.39, 0.29) is 5.25 Å². The lowest BCUT2D eigenvalue weighted by Gasteiger charge is -2.34. The van der Waals surface area contributed by atoms with Crippen molar-refractivity contribution in [2.75, 3.05) is 4.90 Å². The zero-order chi connectivity index (χ0) is 37.9. The fourth-order valence-corrected chi connectivity index (χ4v) is 10.2. The Balaban J connectivity index is 1.17. The number of fused-ring (bicyclic) bond motifs is 7. The van der Waals surface area contributed by atoms with Crippen LogP contribution in [0, 0.1) is 0 Å². The minimum absolute atomic E-state index is 0.120. The number of hydrogen-bond donors (Lipinski definition) is 0. The van der Waals surface area contributed by atoms with Crippen LogP contribution in [0.25, 0.3) is 65.7 Å². The zero-order valence-electron chi connectivity index (χ0n) is 31.2. The highest BCUT2D eigenvalue weighted by Gasteiger charge is 2.32. The van der Waals surface area contributed by atoms with Gasteiger partial charge < -0.3 is 9.32 Å². The Kier molecular flexibility index (Phi) is 8.08. The molecule has 0 amide bonds. The van der Waals surface area contributed by atoms with E-state index < -0.39 is 0 Å². The van der Waals surface area contributed by atoms with Crippen LogP contribution in [0.3, 0.4) is 0 Å². The van der Waals surface area contributed by atoms with Crippen LogP contribution in [0.2, 0.25) is 0 Å². The Morgan fingerprint density at radius 3 is 1.98 bits per heavy atom. The number of thioether (sulfide) groups is 1. The summed E-state index contributed by atoms with van der Waals surface area (Å²) in [4.78, 5) is 3.73. The summed E-state index contributed by atoms with van der Waals surface area (Å²) in [6.07, 6.45) is 0.772. The van der Waals surface area contributed by atoms with Crippen LogP contribution in [0.5, 0.6) is 0 Å². The van der Waals surface area contributed by atoms with Gasteiger partial charge in [-0.1, -0.05) is 164 Å². The molecule has 0 radical (unpaired) electrons. The number of hydrogen-bond acceptors (Lipinski definition) is 3. The minimum Gasteiger partial charge on any atom is -0.456 e. The van der Waals surface area contributed by atoms with Gasteiger partial charge in [0.05, 0.1) is 16.3 Å². The van der Waals surface area contributed by atoms with E-state index in [1.165, 1.54) is 65.4 Å². The predicted molar refractivity (Wildman–Crippen MR) is 242 cm³/mol. The number of nitrogens with zero attached hydrogens (tertiary/aromatic N) is 1. The normalized spacial score (nSPS) is 14.0. The van der Waals surface area contributed by atoms with Crippen molar-refractivity contribution in [3.05, 3.63) is 217 Å². The van der Waals surface area contributed by atoms with E-state index in [1.807, 2.05) is 11.8 Å². The van der Waals surface area contributed by atoms with Gasteiger partial charge in [0.15, 0.2) is 0 Å². The van der Waals surface area contributed by atoms with Crippen molar-refractivity contribution in [1.29, 1.82) is 0 Å². The van der Waals surface area contributed by atoms with E-state index in [2.05, 4.69) is 206 Å². The third-order valence-corrected chi connectivity index (χ3v) is 13.0. The Bertz CT molecular complexity index is 3150. The molecular formula is C54H37NOS. The topological polar surface area (TPSA) is 16.4 Å². The van der Waals surface area contributed by atoms with Gasteiger partial charge in [0.25, 0.3) is 0 Å². The molecule has 0 saturated heterocycles. The first-order valence-electron chi connectivity index (χ1n) is 19.5. The van der Waals surface area contributed by atoms with Crippen LogP contribution in [-0.2, 0) is 6.42 Å². The maximum atomic E-state index is 6.71. The van der Waals surface area contributed by atoms with Crippen molar-refractivity contribution in [3.63, 3.8) is 0 Å². The average Bonchev–Trinajstić information content (AvgIpc) is 3.65. The van der Waals surface area contributed by atoms with E-state index in [1.54, 1.807) is 0 Å². The molecule has 1 aromatic heterocycles. The first kappa shape index (κ1) is 33.5. The highest BCUT2D eigenvalue weighted by atomic mass is 32.2. The molecule has 3 heteroatoms. The highest BCUT2D eigenvalue weighted by molar-refractivity contribution is 8.00. The van der Waals surface area contributed by atoms with Gasteiger partial charge in [0.1, 0.15) is 11.2 Å². The molecule has 1 aliphatic heterocycles. The summed E-state index contributed by atoms with van der Waals surface area (Å²) in [6.45, 7) is 4.64. The lowest BCUT2D eigenvalue weighted by molar-refractivity contribution is 0.667. The molecule has 0 saturated carbocycles.